The number of anilines is 1. The predicted molar refractivity (Wildman–Crippen MR) is 78.4 cm³/mol. The Morgan fingerprint density at radius 2 is 2.15 bits per heavy atom. The number of aromatic nitrogens is 2. The fourth-order valence-corrected chi connectivity index (χ4v) is 2.15. The summed E-state index contributed by atoms with van der Waals surface area (Å²) in [6.07, 6.45) is 3.66. The fourth-order valence-electron chi connectivity index (χ4n) is 2.15. The quantitative estimate of drug-likeness (QED) is 0.822. The van der Waals surface area contributed by atoms with Crippen LogP contribution in [0.4, 0.5) is 5.95 Å². The van der Waals surface area contributed by atoms with E-state index in [-0.39, 0.29) is 11.9 Å². The Morgan fingerprint density at radius 3 is 2.80 bits per heavy atom. The first-order valence-electron chi connectivity index (χ1n) is 7.14. The summed E-state index contributed by atoms with van der Waals surface area (Å²) in [6.45, 7) is 9.36. The summed E-state index contributed by atoms with van der Waals surface area (Å²) in [5.41, 5.74) is 1.06. The summed E-state index contributed by atoms with van der Waals surface area (Å²) < 4.78 is 0. The number of piperazine rings is 1. The first-order chi connectivity index (χ1) is 9.58. The van der Waals surface area contributed by atoms with Crippen LogP contribution in [-0.2, 0) is 11.3 Å². The van der Waals surface area contributed by atoms with Crippen molar-refractivity contribution in [3.8, 4) is 0 Å². The van der Waals surface area contributed by atoms with Crippen LogP contribution in [0.2, 0.25) is 0 Å². The van der Waals surface area contributed by atoms with Gasteiger partial charge in [-0.25, -0.2) is 9.97 Å². The Kier molecular flexibility index (Phi) is 4.89. The highest BCUT2D eigenvalue weighted by Gasteiger charge is 2.27. The monoisotopic (exact) mass is 277 g/mol. The largest absolute Gasteiger partial charge is 0.353 e. The van der Waals surface area contributed by atoms with E-state index in [2.05, 4.69) is 34.4 Å². The molecule has 0 saturated carbocycles. The lowest BCUT2D eigenvalue weighted by Gasteiger charge is -2.32. The molecule has 6 heteroatoms. The number of carbonyl (C=O) groups is 1. The van der Waals surface area contributed by atoms with Crippen molar-refractivity contribution in [2.45, 2.75) is 33.4 Å². The van der Waals surface area contributed by atoms with Crippen LogP contribution in [0.5, 0.6) is 0 Å². The van der Waals surface area contributed by atoms with Crippen molar-refractivity contribution in [1.82, 2.24) is 20.6 Å². The zero-order chi connectivity index (χ0) is 14.5. The molecule has 1 atom stereocenters. The number of nitrogens with one attached hydrogen (secondary N) is 2. The third kappa shape index (κ3) is 3.66. The van der Waals surface area contributed by atoms with E-state index in [4.69, 9.17) is 0 Å². The molecule has 1 unspecified atom stereocenters. The normalized spacial score (nSPS) is 19.3. The van der Waals surface area contributed by atoms with Gasteiger partial charge in [-0.05, 0) is 19.4 Å². The third-order valence-electron chi connectivity index (χ3n) is 3.33. The molecule has 1 amide bonds. The maximum atomic E-state index is 11.6. The van der Waals surface area contributed by atoms with Crippen molar-refractivity contribution >= 4 is 11.9 Å². The minimum Gasteiger partial charge on any atom is -0.353 e. The standard InChI is InChI=1S/C14H23N5O/c1-10(2)6-15-7-12-8-17-14(18-9-12)19-5-4-16-13(20)11(19)3/h8-11,15H,4-7H2,1-3H3,(H,16,20). The van der Waals surface area contributed by atoms with Gasteiger partial charge in [0.15, 0.2) is 0 Å². The second-order valence-corrected chi connectivity index (χ2v) is 5.58. The molecular weight excluding hydrogens is 254 g/mol. The number of rotatable bonds is 5. The number of hydrogen-bond donors (Lipinski definition) is 2. The van der Waals surface area contributed by atoms with Crippen LogP contribution in [0.1, 0.15) is 26.3 Å². The van der Waals surface area contributed by atoms with E-state index < -0.39 is 0 Å². The number of carbonyl (C=O) groups excluding carboxylic acids is 1. The van der Waals surface area contributed by atoms with Gasteiger partial charge in [-0.1, -0.05) is 13.8 Å². The Labute approximate surface area is 120 Å². The number of amides is 1. The second-order valence-electron chi connectivity index (χ2n) is 5.58. The van der Waals surface area contributed by atoms with E-state index in [0.29, 0.717) is 18.4 Å². The van der Waals surface area contributed by atoms with E-state index in [1.54, 1.807) is 0 Å². The third-order valence-corrected chi connectivity index (χ3v) is 3.33. The van der Waals surface area contributed by atoms with Crippen molar-refractivity contribution < 1.29 is 4.79 Å². The van der Waals surface area contributed by atoms with Crippen LogP contribution in [0.25, 0.3) is 0 Å². The van der Waals surface area contributed by atoms with Gasteiger partial charge in [0.2, 0.25) is 11.9 Å². The zero-order valence-electron chi connectivity index (χ0n) is 12.4. The molecule has 1 fully saturated rings. The highest BCUT2D eigenvalue weighted by molar-refractivity contribution is 5.85. The molecule has 0 bridgehead atoms. The van der Waals surface area contributed by atoms with Crippen LogP contribution < -0.4 is 15.5 Å². The van der Waals surface area contributed by atoms with Crippen LogP contribution in [0, 0.1) is 5.92 Å². The van der Waals surface area contributed by atoms with Crippen LogP contribution >= 0.6 is 0 Å². The number of hydrogen-bond acceptors (Lipinski definition) is 5. The average Bonchev–Trinajstić information content (AvgIpc) is 2.42. The smallest absolute Gasteiger partial charge is 0.242 e. The molecular formula is C14H23N5O. The predicted octanol–water partition coefficient (Wildman–Crippen LogP) is 0.547. The SMILES string of the molecule is CC(C)CNCc1cnc(N2CCNC(=O)C2C)nc1. The Balaban J connectivity index is 1.95. The minimum atomic E-state index is -0.214. The van der Waals surface area contributed by atoms with Gasteiger partial charge >= 0.3 is 0 Å². The second kappa shape index (κ2) is 6.65. The van der Waals surface area contributed by atoms with Gasteiger partial charge in [-0.3, -0.25) is 4.79 Å². The molecule has 1 aromatic rings. The Morgan fingerprint density at radius 1 is 1.45 bits per heavy atom. The maximum Gasteiger partial charge on any atom is 0.242 e. The molecule has 0 radical (unpaired) electrons. The lowest BCUT2D eigenvalue weighted by atomic mass is 10.2. The molecule has 1 aliphatic rings. The molecule has 2 rings (SSSR count). The summed E-state index contributed by atoms with van der Waals surface area (Å²) in [4.78, 5) is 22.3. The Bertz CT molecular complexity index is 445. The average molecular weight is 277 g/mol. The molecule has 0 aromatic carbocycles. The minimum absolute atomic E-state index is 0.0301. The molecule has 20 heavy (non-hydrogen) atoms. The molecule has 1 aliphatic heterocycles. The first kappa shape index (κ1) is 14.7. The maximum absolute atomic E-state index is 11.6. The highest BCUT2D eigenvalue weighted by Crippen LogP contribution is 2.13. The van der Waals surface area contributed by atoms with Gasteiger partial charge in [0.1, 0.15) is 6.04 Å². The zero-order valence-corrected chi connectivity index (χ0v) is 12.4. The molecule has 1 saturated heterocycles. The van der Waals surface area contributed by atoms with Gasteiger partial charge in [0.05, 0.1) is 0 Å². The van der Waals surface area contributed by atoms with Crippen molar-refractivity contribution in [2.24, 2.45) is 5.92 Å². The topological polar surface area (TPSA) is 70.2 Å². The summed E-state index contributed by atoms with van der Waals surface area (Å²) in [5, 5.41) is 6.19. The van der Waals surface area contributed by atoms with E-state index >= 15 is 0 Å². The lowest BCUT2D eigenvalue weighted by molar-refractivity contribution is -0.122. The molecule has 2 N–H and O–H groups in total. The van der Waals surface area contributed by atoms with Crippen molar-refractivity contribution in [3.63, 3.8) is 0 Å². The van der Waals surface area contributed by atoms with Gasteiger partial charge in [-0.2, -0.15) is 0 Å². The molecule has 2 heterocycles. The number of nitrogens with zero attached hydrogens (tertiary/aromatic N) is 3. The van der Waals surface area contributed by atoms with Gasteiger partial charge in [0, 0.05) is 37.6 Å². The first-order valence-corrected chi connectivity index (χ1v) is 7.14. The lowest BCUT2D eigenvalue weighted by Crippen LogP contribution is -2.54. The van der Waals surface area contributed by atoms with Gasteiger partial charge in [-0.15, -0.1) is 0 Å². The molecule has 6 nitrogen and oxygen atoms in total. The van der Waals surface area contributed by atoms with Crippen molar-refractivity contribution in [2.75, 3.05) is 24.5 Å². The summed E-state index contributed by atoms with van der Waals surface area (Å²) >= 11 is 0. The van der Waals surface area contributed by atoms with Crippen LogP contribution in [-0.4, -0.2) is 41.6 Å². The summed E-state index contributed by atoms with van der Waals surface area (Å²) in [6, 6.07) is -0.214. The Hall–Kier alpha value is -1.69. The van der Waals surface area contributed by atoms with E-state index in [1.807, 2.05) is 24.2 Å². The molecule has 110 valence electrons. The van der Waals surface area contributed by atoms with E-state index in [9.17, 15) is 4.79 Å². The van der Waals surface area contributed by atoms with Gasteiger partial charge in [0.25, 0.3) is 0 Å². The fraction of sp³-hybridized carbons (Fsp3) is 0.643. The van der Waals surface area contributed by atoms with Crippen LogP contribution in [0.15, 0.2) is 12.4 Å². The molecule has 1 aromatic heterocycles. The molecule has 0 spiro atoms. The molecule has 0 aliphatic carbocycles. The van der Waals surface area contributed by atoms with Crippen molar-refractivity contribution in [3.05, 3.63) is 18.0 Å². The summed E-state index contributed by atoms with van der Waals surface area (Å²) in [5.74, 6) is 1.28. The highest BCUT2D eigenvalue weighted by atomic mass is 16.2. The summed E-state index contributed by atoms with van der Waals surface area (Å²) in [7, 11) is 0. The van der Waals surface area contributed by atoms with E-state index in [1.165, 1.54) is 0 Å². The van der Waals surface area contributed by atoms with Gasteiger partial charge < -0.3 is 15.5 Å². The van der Waals surface area contributed by atoms with Crippen molar-refractivity contribution in [1.29, 1.82) is 0 Å². The van der Waals surface area contributed by atoms with Crippen LogP contribution in [0.3, 0.4) is 0 Å². The van der Waals surface area contributed by atoms with E-state index in [0.717, 1.165) is 25.2 Å².